The number of H-pyrrole nitrogens is 1. The van der Waals surface area contributed by atoms with Crippen molar-refractivity contribution in [2.24, 2.45) is 0 Å². The van der Waals surface area contributed by atoms with Gasteiger partial charge in [-0.05, 0) is 26.0 Å². The van der Waals surface area contributed by atoms with Crippen molar-refractivity contribution in [2.75, 3.05) is 7.11 Å². The average Bonchev–Trinajstić information content (AvgIpc) is 2.25. The zero-order valence-electron chi connectivity index (χ0n) is 9.05. The summed E-state index contributed by atoms with van der Waals surface area (Å²) in [6.07, 6.45) is 0. The molecule has 0 atom stereocenters. The fraction of sp³-hybridized carbons (Fsp3) is 0.250. The summed E-state index contributed by atoms with van der Waals surface area (Å²) in [5.41, 5.74) is 2.58. The third-order valence-electron chi connectivity index (χ3n) is 2.70. The van der Waals surface area contributed by atoms with Gasteiger partial charge in [0.15, 0.2) is 5.43 Å². The third kappa shape index (κ3) is 1.50. The van der Waals surface area contributed by atoms with Gasteiger partial charge in [0, 0.05) is 22.7 Å². The minimum Gasteiger partial charge on any atom is -0.497 e. The normalized spacial score (nSPS) is 10.6. The van der Waals surface area contributed by atoms with Gasteiger partial charge in [0.2, 0.25) is 0 Å². The van der Waals surface area contributed by atoms with E-state index in [0.29, 0.717) is 5.39 Å². The van der Waals surface area contributed by atoms with E-state index < -0.39 is 0 Å². The Morgan fingerprint density at radius 2 is 2.00 bits per heavy atom. The van der Waals surface area contributed by atoms with Crippen molar-refractivity contribution in [2.45, 2.75) is 13.8 Å². The lowest BCUT2D eigenvalue weighted by Crippen LogP contribution is -2.09. The van der Waals surface area contributed by atoms with Crippen molar-refractivity contribution in [1.82, 2.24) is 4.98 Å². The number of nitrogens with one attached hydrogen (secondary N) is 1. The monoisotopic (exact) mass is 203 g/mol. The van der Waals surface area contributed by atoms with E-state index in [2.05, 4.69) is 4.98 Å². The maximum absolute atomic E-state index is 11.9. The van der Waals surface area contributed by atoms with Crippen LogP contribution in [0.2, 0.25) is 0 Å². The number of hydrogen-bond acceptors (Lipinski definition) is 2. The van der Waals surface area contributed by atoms with Gasteiger partial charge in [-0.15, -0.1) is 0 Å². The standard InChI is InChI=1S/C12H13NO2/c1-7-8(2)13-11-6-9(15-3)4-5-10(11)12(7)14/h4-6H,1-3H3,(H,13,14). The molecule has 0 aliphatic carbocycles. The highest BCUT2D eigenvalue weighted by molar-refractivity contribution is 5.80. The Bertz CT molecular complexity index is 570. The van der Waals surface area contributed by atoms with E-state index in [1.165, 1.54) is 0 Å². The van der Waals surface area contributed by atoms with Crippen molar-refractivity contribution in [3.63, 3.8) is 0 Å². The fourth-order valence-corrected chi connectivity index (χ4v) is 1.62. The summed E-state index contributed by atoms with van der Waals surface area (Å²) in [6.45, 7) is 3.73. The van der Waals surface area contributed by atoms with Crippen LogP contribution < -0.4 is 10.2 Å². The topological polar surface area (TPSA) is 42.1 Å². The van der Waals surface area contributed by atoms with Gasteiger partial charge < -0.3 is 9.72 Å². The molecule has 3 heteroatoms. The molecule has 0 amide bonds. The number of aromatic amines is 1. The minimum absolute atomic E-state index is 0.0869. The molecule has 0 spiro atoms. The van der Waals surface area contributed by atoms with E-state index in [9.17, 15) is 4.79 Å². The van der Waals surface area contributed by atoms with Gasteiger partial charge in [0.1, 0.15) is 5.75 Å². The molecular weight excluding hydrogens is 190 g/mol. The predicted molar refractivity (Wildman–Crippen MR) is 60.6 cm³/mol. The van der Waals surface area contributed by atoms with Crippen LogP contribution in [0.3, 0.4) is 0 Å². The van der Waals surface area contributed by atoms with Gasteiger partial charge in [-0.25, -0.2) is 0 Å². The number of aryl methyl sites for hydroxylation is 1. The first kappa shape index (κ1) is 9.77. The lowest BCUT2D eigenvalue weighted by Gasteiger charge is -2.05. The number of ether oxygens (including phenoxy) is 1. The largest absolute Gasteiger partial charge is 0.497 e. The van der Waals surface area contributed by atoms with E-state index in [-0.39, 0.29) is 5.43 Å². The van der Waals surface area contributed by atoms with Crippen LogP contribution in [0.4, 0.5) is 0 Å². The van der Waals surface area contributed by atoms with Crippen molar-refractivity contribution in [3.05, 3.63) is 39.7 Å². The summed E-state index contributed by atoms with van der Waals surface area (Å²) in [5, 5.41) is 0.707. The van der Waals surface area contributed by atoms with Crippen LogP contribution in [-0.2, 0) is 0 Å². The molecule has 1 heterocycles. The zero-order valence-corrected chi connectivity index (χ0v) is 9.05. The number of fused-ring (bicyclic) bond motifs is 1. The number of hydrogen-bond donors (Lipinski definition) is 1. The summed E-state index contributed by atoms with van der Waals surface area (Å²) in [6, 6.07) is 5.43. The number of rotatable bonds is 1. The summed E-state index contributed by atoms with van der Waals surface area (Å²) in [4.78, 5) is 15.1. The van der Waals surface area contributed by atoms with E-state index >= 15 is 0 Å². The maximum atomic E-state index is 11.9. The first-order chi connectivity index (χ1) is 7.13. The Hall–Kier alpha value is -1.77. The SMILES string of the molecule is COc1ccc2c(=O)c(C)c(C)[nH]c2c1. The van der Waals surface area contributed by atoms with Crippen LogP contribution in [0.5, 0.6) is 5.75 Å². The summed E-state index contributed by atoms with van der Waals surface area (Å²) >= 11 is 0. The first-order valence-electron chi connectivity index (χ1n) is 4.80. The Morgan fingerprint density at radius 1 is 1.27 bits per heavy atom. The average molecular weight is 203 g/mol. The van der Waals surface area contributed by atoms with Crippen molar-refractivity contribution in [3.8, 4) is 5.75 Å². The third-order valence-corrected chi connectivity index (χ3v) is 2.70. The predicted octanol–water partition coefficient (Wildman–Crippen LogP) is 2.15. The molecule has 1 aromatic heterocycles. The molecule has 78 valence electrons. The van der Waals surface area contributed by atoms with E-state index in [1.54, 1.807) is 19.2 Å². The molecule has 1 aromatic carbocycles. The highest BCUT2D eigenvalue weighted by Crippen LogP contribution is 2.17. The van der Waals surface area contributed by atoms with Gasteiger partial charge in [-0.3, -0.25) is 4.79 Å². The lowest BCUT2D eigenvalue weighted by atomic mass is 10.1. The Morgan fingerprint density at radius 3 is 2.67 bits per heavy atom. The molecule has 15 heavy (non-hydrogen) atoms. The van der Waals surface area contributed by atoms with Crippen LogP contribution in [0.25, 0.3) is 10.9 Å². The second-order valence-corrected chi connectivity index (χ2v) is 3.62. The van der Waals surface area contributed by atoms with Gasteiger partial charge in [0.05, 0.1) is 12.6 Å². The Kier molecular flexibility index (Phi) is 2.23. The molecule has 2 aromatic rings. The van der Waals surface area contributed by atoms with Crippen molar-refractivity contribution < 1.29 is 4.74 Å². The maximum Gasteiger partial charge on any atom is 0.192 e. The van der Waals surface area contributed by atoms with E-state index in [1.807, 2.05) is 19.9 Å². The lowest BCUT2D eigenvalue weighted by molar-refractivity contribution is 0.415. The van der Waals surface area contributed by atoms with E-state index in [0.717, 1.165) is 22.5 Å². The molecule has 0 radical (unpaired) electrons. The van der Waals surface area contributed by atoms with Crippen LogP contribution in [0.15, 0.2) is 23.0 Å². The second kappa shape index (κ2) is 3.42. The molecule has 1 N–H and O–H groups in total. The molecule has 2 rings (SSSR count). The van der Waals surface area contributed by atoms with Gasteiger partial charge in [-0.1, -0.05) is 0 Å². The molecule has 0 aliphatic heterocycles. The Balaban J connectivity index is 2.86. The van der Waals surface area contributed by atoms with Gasteiger partial charge in [0.25, 0.3) is 0 Å². The Labute approximate surface area is 87.7 Å². The smallest absolute Gasteiger partial charge is 0.192 e. The first-order valence-corrected chi connectivity index (χ1v) is 4.80. The summed E-state index contributed by atoms with van der Waals surface area (Å²) in [5.74, 6) is 0.751. The molecular formula is C12H13NO2. The highest BCUT2D eigenvalue weighted by atomic mass is 16.5. The molecule has 0 saturated carbocycles. The molecule has 0 unspecified atom stereocenters. The quantitative estimate of drug-likeness (QED) is 0.771. The molecule has 0 saturated heterocycles. The second-order valence-electron chi connectivity index (χ2n) is 3.62. The molecule has 0 fully saturated rings. The summed E-state index contributed by atoms with van der Waals surface area (Å²) < 4.78 is 5.11. The number of methoxy groups -OCH3 is 1. The molecule has 0 aliphatic rings. The van der Waals surface area contributed by atoms with Crippen LogP contribution in [0, 0.1) is 13.8 Å². The molecule has 0 bridgehead atoms. The van der Waals surface area contributed by atoms with Crippen molar-refractivity contribution >= 4 is 10.9 Å². The number of benzene rings is 1. The fourth-order valence-electron chi connectivity index (χ4n) is 1.62. The van der Waals surface area contributed by atoms with Crippen LogP contribution in [0.1, 0.15) is 11.3 Å². The minimum atomic E-state index is 0.0869. The number of aromatic nitrogens is 1. The summed E-state index contributed by atoms with van der Waals surface area (Å²) in [7, 11) is 1.61. The van der Waals surface area contributed by atoms with Crippen LogP contribution in [-0.4, -0.2) is 12.1 Å². The van der Waals surface area contributed by atoms with E-state index in [4.69, 9.17) is 4.74 Å². The van der Waals surface area contributed by atoms with Crippen LogP contribution >= 0.6 is 0 Å². The van der Waals surface area contributed by atoms with Gasteiger partial charge >= 0.3 is 0 Å². The number of pyridine rings is 1. The molecule has 3 nitrogen and oxygen atoms in total. The van der Waals surface area contributed by atoms with Gasteiger partial charge in [-0.2, -0.15) is 0 Å². The highest BCUT2D eigenvalue weighted by Gasteiger charge is 2.05. The van der Waals surface area contributed by atoms with Crippen molar-refractivity contribution in [1.29, 1.82) is 0 Å². The zero-order chi connectivity index (χ0) is 11.0.